The van der Waals surface area contributed by atoms with Crippen molar-refractivity contribution in [2.24, 2.45) is 0 Å². The van der Waals surface area contributed by atoms with Gasteiger partial charge >= 0.3 is 0 Å². The maximum Gasteiger partial charge on any atom is 0.224 e. The molecule has 0 radical (unpaired) electrons. The second-order valence-electron chi connectivity index (χ2n) is 6.28. The number of nitriles is 1. The predicted molar refractivity (Wildman–Crippen MR) is 99.2 cm³/mol. The summed E-state index contributed by atoms with van der Waals surface area (Å²) >= 11 is 5.87. The maximum atomic E-state index is 12.2. The third-order valence-electron chi connectivity index (χ3n) is 4.44. The van der Waals surface area contributed by atoms with E-state index in [0.717, 1.165) is 31.5 Å². The van der Waals surface area contributed by atoms with E-state index < -0.39 is 0 Å². The lowest BCUT2D eigenvalue weighted by Crippen LogP contribution is -2.45. The average Bonchev–Trinajstić information content (AvgIpc) is 2.65. The molecule has 3 rings (SSSR count). The van der Waals surface area contributed by atoms with E-state index in [9.17, 15) is 15.2 Å². The van der Waals surface area contributed by atoms with Crippen molar-refractivity contribution >= 4 is 23.3 Å². The summed E-state index contributed by atoms with van der Waals surface area (Å²) in [5, 5.41) is 21.9. The lowest BCUT2D eigenvalue weighted by Gasteiger charge is -2.33. The number of aromatic nitrogens is 1. The summed E-state index contributed by atoms with van der Waals surface area (Å²) in [5.74, 6) is 0.647. The van der Waals surface area contributed by atoms with Crippen molar-refractivity contribution in [3.63, 3.8) is 0 Å². The number of carbonyl (C=O) groups is 1. The molecule has 1 aromatic heterocycles. The van der Waals surface area contributed by atoms with Crippen LogP contribution in [0.1, 0.15) is 24.0 Å². The van der Waals surface area contributed by atoms with Crippen LogP contribution in [0.15, 0.2) is 36.5 Å². The second-order valence-corrected chi connectivity index (χ2v) is 6.68. The Morgan fingerprint density at radius 2 is 2.15 bits per heavy atom. The number of phenolic OH excluding ortho intramolecular Hbond substituents is 1. The van der Waals surface area contributed by atoms with Gasteiger partial charge in [0.25, 0.3) is 0 Å². The zero-order valence-electron chi connectivity index (χ0n) is 14.2. The van der Waals surface area contributed by atoms with E-state index >= 15 is 0 Å². The molecule has 2 heterocycles. The molecule has 1 amide bonds. The molecular formula is C19H19ClN4O2. The van der Waals surface area contributed by atoms with Crippen molar-refractivity contribution in [3.8, 4) is 11.8 Å². The minimum absolute atomic E-state index is 0.00876. The number of anilines is 1. The van der Waals surface area contributed by atoms with Crippen LogP contribution < -0.4 is 10.2 Å². The quantitative estimate of drug-likeness (QED) is 0.863. The van der Waals surface area contributed by atoms with Crippen LogP contribution in [0.4, 0.5) is 5.82 Å². The number of pyridine rings is 1. The van der Waals surface area contributed by atoms with E-state index in [-0.39, 0.29) is 29.1 Å². The van der Waals surface area contributed by atoms with Crippen LogP contribution in [0.5, 0.6) is 5.75 Å². The van der Waals surface area contributed by atoms with E-state index in [1.165, 1.54) is 6.07 Å². The molecule has 1 saturated heterocycles. The van der Waals surface area contributed by atoms with Crippen LogP contribution in [0.25, 0.3) is 0 Å². The van der Waals surface area contributed by atoms with Crippen LogP contribution in [0.3, 0.4) is 0 Å². The number of rotatable bonds is 4. The average molecular weight is 371 g/mol. The number of nitrogens with one attached hydrogen (secondary N) is 1. The number of amides is 1. The number of carbonyl (C=O) groups excluding carboxylic acids is 1. The lowest BCUT2D eigenvalue weighted by atomic mass is 10.0. The first-order valence-corrected chi connectivity index (χ1v) is 8.81. The molecule has 0 bridgehead atoms. The van der Waals surface area contributed by atoms with Crippen molar-refractivity contribution in [1.29, 1.82) is 5.26 Å². The van der Waals surface area contributed by atoms with E-state index in [4.69, 9.17) is 11.6 Å². The van der Waals surface area contributed by atoms with Crippen LogP contribution in [0, 0.1) is 11.3 Å². The third kappa shape index (κ3) is 4.24. The molecule has 26 heavy (non-hydrogen) atoms. The molecule has 1 aliphatic heterocycles. The largest absolute Gasteiger partial charge is 0.506 e. The first-order chi connectivity index (χ1) is 12.6. The Morgan fingerprint density at radius 3 is 2.85 bits per heavy atom. The summed E-state index contributed by atoms with van der Waals surface area (Å²) in [7, 11) is 0. The third-order valence-corrected chi connectivity index (χ3v) is 4.75. The normalized spacial score (nSPS) is 14.7. The monoisotopic (exact) mass is 370 g/mol. The lowest BCUT2D eigenvalue weighted by molar-refractivity contribution is -0.121. The van der Waals surface area contributed by atoms with E-state index in [1.807, 2.05) is 0 Å². The topological polar surface area (TPSA) is 89.3 Å². The Balaban J connectivity index is 1.53. The van der Waals surface area contributed by atoms with Gasteiger partial charge in [-0.3, -0.25) is 4.79 Å². The number of hydrogen-bond donors (Lipinski definition) is 2. The molecule has 1 fully saturated rings. The van der Waals surface area contributed by atoms with Crippen molar-refractivity contribution in [2.45, 2.75) is 25.3 Å². The summed E-state index contributed by atoms with van der Waals surface area (Å²) in [6.07, 6.45) is 3.50. The predicted octanol–water partition coefficient (Wildman–Crippen LogP) is 2.64. The Labute approximate surface area is 157 Å². The van der Waals surface area contributed by atoms with Gasteiger partial charge < -0.3 is 15.3 Å². The fourth-order valence-electron chi connectivity index (χ4n) is 3.10. The highest BCUT2D eigenvalue weighted by Gasteiger charge is 2.23. The number of nitrogens with zero attached hydrogens (tertiary/aromatic N) is 3. The summed E-state index contributed by atoms with van der Waals surface area (Å²) in [6, 6.07) is 10.6. The van der Waals surface area contributed by atoms with Gasteiger partial charge in [-0.05, 0) is 42.7 Å². The number of benzene rings is 1. The van der Waals surface area contributed by atoms with Crippen LogP contribution in [-0.2, 0) is 11.2 Å². The van der Waals surface area contributed by atoms with Crippen molar-refractivity contribution in [1.82, 2.24) is 10.3 Å². The molecule has 0 saturated carbocycles. The number of hydrogen-bond acceptors (Lipinski definition) is 5. The highest BCUT2D eigenvalue weighted by Crippen LogP contribution is 2.24. The minimum atomic E-state index is -0.0687. The molecule has 1 aliphatic rings. The molecule has 0 spiro atoms. The molecule has 0 unspecified atom stereocenters. The molecule has 2 aromatic rings. The molecular weight excluding hydrogens is 352 g/mol. The highest BCUT2D eigenvalue weighted by molar-refractivity contribution is 6.32. The van der Waals surface area contributed by atoms with Gasteiger partial charge in [0.15, 0.2) is 0 Å². The van der Waals surface area contributed by atoms with E-state index in [2.05, 4.69) is 21.3 Å². The van der Waals surface area contributed by atoms with Crippen LogP contribution in [-0.4, -0.2) is 35.1 Å². The SMILES string of the molecule is N#Cc1cccnc1N1CCC(NC(=O)Cc2ccc(O)c(Cl)c2)CC1. The molecule has 6 nitrogen and oxygen atoms in total. The Kier molecular flexibility index (Phi) is 5.59. The number of phenols is 1. The molecule has 134 valence electrons. The number of piperidine rings is 1. The fraction of sp³-hybridized carbons (Fsp3) is 0.316. The maximum absolute atomic E-state index is 12.2. The minimum Gasteiger partial charge on any atom is -0.506 e. The molecule has 7 heteroatoms. The first-order valence-electron chi connectivity index (χ1n) is 8.43. The van der Waals surface area contributed by atoms with Crippen molar-refractivity contribution in [3.05, 3.63) is 52.7 Å². The first kappa shape index (κ1) is 18.0. The zero-order chi connectivity index (χ0) is 18.5. The molecule has 1 aromatic carbocycles. The Bertz CT molecular complexity index is 842. The number of halogens is 1. The summed E-state index contributed by atoms with van der Waals surface area (Å²) < 4.78 is 0. The van der Waals surface area contributed by atoms with Crippen LogP contribution >= 0.6 is 11.6 Å². The Morgan fingerprint density at radius 1 is 1.38 bits per heavy atom. The molecule has 2 N–H and O–H groups in total. The second kappa shape index (κ2) is 8.07. The van der Waals surface area contributed by atoms with Gasteiger partial charge in [0, 0.05) is 25.3 Å². The van der Waals surface area contributed by atoms with Crippen molar-refractivity contribution < 1.29 is 9.90 Å². The van der Waals surface area contributed by atoms with Crippen molar-refractivity contribution in [2.75, 3.05) is 18.0 Å². The highest BCUT2D eigenvalue weighted by atomic mass is 35.5. The fourth-order valence-corrected chi connectivity index (χ4v) is 3.30. The Hall–Kier alpha value is -2.78. The van der Waals surface area contributed by atoms with Gasteiger partial charge in [-0.1, -0.05) is 17.7 Å². The van der Waals surface area contributed by atoms with Gasteiger partial charge in [0.05, 0.1) is 17.0 Å². The number of aromatic hydroxyl groups is 1. The van der Waals surface area contributed by atoms with Gasteiger partial charge in [0.1, 0.15) is 17.6 Å². The summed E-state index contributed by atoms with van der Waals surface area (Å²) in [6.45, 7) is 1.48. The van der Waals surface area contributed by atoms with E-state index in [1.54, 1.807) is 30.5 Å². The van der Waals surface area contributed by atoms with E-state index in [0.29, 0.717) is 11.4 Å². The smallest absolute Gasteiger partial charge is 0.224 e. The zero-order valence-corrected chi connectivity index (χ0v) is 14.9. The summed E-state index contributed by atoms with van der Waals surface area (Å²) in [5.41, 5.74) is 1.33. The molecule has 0 atom stereocenters. The van der Waals surface area contributed by atoms with Gasteiger partial charge in [0.2, 0.25) is 5.91 Å². The van der Waals surface area contributed by atoms with Gasteiger partial charge in [-0.2, -0.15) is 5.26 Å². The molecule has 0 aliphatic carbocycles. The van der Waals surface area contributed by atoms with Gasteiger partial charge in [-0.15, -0.1) is 0 Å². The van der Waals surface area contributed by atoms with Gasteiger partial charge in [-0.25, -0.2) is 4.98 Å². The van der Waals surface area contributed by atoms with Crippen LogP contribution in [0.2, 0.25) is 5.02 Å². The summed E-state index contributed by atoms with van der Waals surface area (Å²) in [4.78, 5) is 18.6. The standard InChI is InChI=1S/C19H19ClN4O2/c20-16-10-13(3-4-17(16)25)11-18(26)23-15-5-8-24(9-6-15)19-14(12-21)2-1-7-22-19/h1-4,7,10,15,25H,5-6,8-9,11H2,(H,23,26).